The Labute approximate surface area is 163 Å². The monoisotopic (exact) mass is 376 g/mol. The molecule has 0 unspecified atom stereocenters. The number of esters is 1. The van der Waals surface area contributed by atoms with Gasteiger partial charge in [0.25, 0.3) is 0 Å². The van der Waals surface area contributed by atoms with Crippen LogP contribution in [0, 0.1) is 0 Å². The van der Waals surface area contributed by atoms with E-state index in [0.29, 0.717) is 6.61 Å². The number of imidazole rings is 2. The van der Waals surface area contributed by atoms with Crippen molar-refractivity contribution in [3.63, 3.8) is 0 Å². The fraction of sp³-hybridized carbons (Fsp3) is 0.318. The van der Waals surface area contributed by atoms with Gasteiger partial charge in [0.15, 0.2) is 0 Å². The minimum absolute atomic E-state index is 0.203. The molecule has 2 aromatic carbocycles. The van der Waals surface area contributed by atoms with E-state index < -0.39 is 0 Å². The average molecular weight is 376 g/mol. The van der Waals surface area contributed by atoms with E-state index in [4.69, 9.17) is 14.7 Å². The maximum atomic E-state index is 12.5. The van der Waals surface area contributed by atoms with Crippen molar-refractivity contribution in [2.24, 2.45) is 14.1 Å². The average Bonchev–Trinajstić information content (AvgIpc) is 3.22. The molecule has 28 heavy (non-hydrogen) atoms. The van der Waals surface area contributed by atoms with E-state index in [1.165, 1.54) is 0 Å². The Morgan fingerprint density at radius 3 is 1.89 bits per heavy atom. The summed E-state index contributed by atoms with van der Waals surface area (Å²) in [5.41, 5.74) is 3.88. The van der Waals surface area contributed by atoms with Crippen molar-refractivity contribution >= 4 is 28.0 Å². The largest absolute Gasteiger partial charge is 0.466 e. The van der Waals surface area contributed by atoms with Crippen LogP contribution < -0.4 is 0 Å². The highest BCUT2D eigenvalue weighted by Crippen LogP contribution is 2.31. The third-order valence-corrected chi connectivity index (χ3v) is 5.10. The summed E-state index contributed by atoms with van der Waals surface area (Å²) >= 11 is 0. The Morgan fingerprint density at radius 1 is 0.929 bits per heavy atom. The number of carbonyl (C=O) groups is 1. The summed E-state index contributed by atoms with van der Waals surface area (Å²) in [7, 11) is 3.97. The molecule has 0 aliphatic carbocycles. The molecule has 0 amide bonds. The molecular weight excluding hydrogens is 352 g/mol. The predicted octanol–water partition coefficient (Wildman–Crippen LogP) is 3.94. The number of hydrogen-bond donors (Lipinski definition) is 0. The number of para-hydroxylation sites is 4. The van der Waals surface area contributed by atoms with E-state index in [0.717, 1.165) is 40.1 Å². The topological polar surface area (TPSA) is 61.9 Å². The van der Waals surface area contributed by atoms with E-state index in [9.17, 15) is 4.79 Å². The highest BCUT2D eigenvalue weighted by Gasteiger charge is 2.28. The molecule has 2 heterocycles. The van der Waals surface area contributed by atoms with Crippen LogP contribution in [0.2, 0.25) is 0 Å². The van der Waals surface area contributed by atoms with Gasteiger partial charge >= 0.3 is 5.97 Å². The van der Waals surface area contributed by atoms with E-state index in [1.807, 2.05) is 78.7 Å². The van der Waals surface area contributed by atoms with Gasteiger partial charge in [0.2, 0.25) is 0 Å². The molecule has 0 aliphatic heterocycles. The van der Waals surface area contributed by atoms with Crippen molar-refractivity contribution in [1.29, 1.82) is 0 Å². The van der Waals surface area contributed by atoms with Crippen LogP contribution in [-0.4, -0.2) is 31.7 Å². The SMILES string of the molecule is CCCOC(=O)CC(c1nc2ccccc2n1C)c1nc2ccccc2n1C. The first-order valence-electron chi connectivity index (χ1n) is 9.58. The van der Waals surface area contributed by atoms with Gasteiger partial charge in [-0.05, 0) is 30.7 Å². The molecule has 144 valence electrons. The first-order chi connectivity index (χ1) is 13.6. The maximum Gasteiger partial charge on any atom is 0.306 e. The summed E-state index contributed by atoms with van der Waals surface area (Å²) in [5, 5.41) is 0. The van der Waals surface area contributed by atoms with Crippen molar-refractivity contribution in [3.8, 4) is 0 Å². The van der Waals surface area contributed by atoms with Crippen molar-refractivity contribution < 1.29 is 9.53 Å². The zero-order valence-corrected chi connectivity index (χ0v) is 16.4. The molecule has 0 radical (unpaired) electrons. The third-order valence-electron chi connectivity index (χ3n) is 5.10. The molecule has 0 saturated heterocycles. The molecule has 6 nitrogen and oxygen atoms in total. The maximum absolute atomic E-state index is 12.5. The summed E-state index contributed by atoms with van der Waals surface area (Å²) in [6.07, 6.45) is 1.00. The lowest BCUT2D eigenvalue weighted by atomic mass is 10.0. The molecule has 0 saturated carbocycles. The van der Waals surface area contributed by atoms with Gasteiger partial charge in [-0.15, -0.1) is 0 Å². The van der Waals surface area contributed by atoms with Gasteiger partial charge in [-0.3, -0.25) is 4.79 Å². The second-order valence-electron chi connectivity index (χ2n) is 7.01. The molecule has 0 atom stereocenters. The van der Waals surface area contributed by atoms with Crippen molar-refractivity contribution in [1.82, 2.24) is 19.1 Å². The lowest BCUT2D eigenvalue weighted by Gasteiger charge is -2.16. The number of nitrogens with zero attached hydrogens (tertiary/aromatic N) is 4. The number of aromatic nitrogens is 4. The van der Waals surface area contributed by atoms with Gasteiger partial charge in [0.05, 0.1) is 41.0 Å². The number of rotatable bonds is 6. The quantitative estimate of drug-likeness (QED) is 0.478. The summed E-state index contributed by atoms with van der Waals surface area (Å²) in [5.74, 6) is 1.10. The highest BCUT2D eigenvalue weighted by atomic mass is 16.5. The molecule has 0 N–H and O–H groups in total. The second kappa shape index (κ2) is 7.46. The number of aryl methyl sites for hydroxylation is 2. The minimum Gasteiger partial charge on any atom is -0.466 e. The van der Waals surface area contributed by atoms with Gasteiger partial charge in [-0.1, -0.05) is 31.2 Å². The van der Waals surface area contributed by atoms with Crippen LogP contribution in [0.1, 0.15) is 37.3 Å². The summed E-state index contributed by atoms with van der Waals surface area (Å²) in [6.45, 7) is 2.42. The number of benzene rings is 2. The first kappa shape index (κ1) is 18.2. The van der Waals surface area contributed by atoms with Gasteiger partial charge in [-0.2, -0.15) is 0 Å². The predicted molar refractivity (Wildman–Crippen MR) is 109 cm³/mol. The normalized spacial score (nSPS) is 11.6. The standard InChI is InChI=1S/C22H24N4O2/c1-4-13-28-20(27)14-15(21-23-16-9-5-7-11-18(16)25(21)2)22-24-17-10-6-8-12-19(17)26(22)3/h5-12,15H,4,13-14H2,1-3H3. The molecule has 0 spiro atoms. The summed E-state index contributed by atoms with van der Waals surface area (Å²) < 4.78 is 9.48. The second-order valence-corrected chi connectivity index (χ2v) is 7.01. The van der Waals surface area contributed by atoms with Crippen LogP contribution in [-0.2, 0) is 23.6 Å². The van der Waals surface area contributed by atoms with Crippen LogP contribution in [0.4, 0.5) is 0 Å². The van der Waals surface area contributed by atoms with Gasteiger partial charge in [-0.25, -0.2) is 9.97 Å². The van der Waals surface area contributed by atoms with Crippen LogP contribution >= 0.6 is 0 Å². The van der Waals surface area contributed by atoms with Gasteiger partial charge < -0.3 is 13.9 Å². The third kappa shape index (κ3) is 3.15. The summed E-state index contributed by atoms with van der Waals surface area (Å²) in [4.78, 5) is 22.2. The Balaban J connectivity index is 1.84. The Bertz CT molecular complexity index is 1060. The smallest absolute Gasteiger partial charge is 0.306 e. The Hall–Kier alpha value is -3.15. The molecule has 0 aliphatic rings. The van der Waals surface area contributed by atoms with Crippen LogP contribution in [0.3, 0.4) is 0 Å². The number of fused-ring (bicyclic) bond motifs is 2. The van der Waals surface area contributed by atoms with E-state index in [-0.39, 0.29) is 18.3 Å². The Morgan fingerprint density at radius 2 is 1.43 bits per heavy atom. The molecule has 0 fully saturated rings. The van der Waals surface area contributed by atoms with Crippen molar-refractivity contribution in [2.75, 3.05) is 6.61 Å². The van der Waals surface area contributed by atoms with Gasteiger partial charge in [0.1, 0.15) is 11.6 Å². The number of hydrogen-bond acceptors (Lipinski definition) is 4. The van der Waals surface area contributed by atoms with E-state index >= 15 is 0 Å². The first-order valence-corrected chi connectivity index (χ1v) is 9.58. The number of ether oxygens (including phenoxy) is 1. The zero-order chi connectivity index (χ0) is 19.7. The minimum atomic E-state index is -0.292. The molecule has 6 heteroatoms. The fourth-order valence-electron chi connectivity index (χ4n) is 3.69. The van der Waals surface area contributed by atoms with Crippen LogP contribution in [0.25, 0.3) is 22.1 Å². The molecule has 4 rings (SSSR count). The van der Waals surface area contributed by atoms with Crippen molar-refractivity contribution in [2.45, 2.75) is 25.7 Å². The summed E-state index contributed by atoms with van der Waals surface area (Å²) in [6, 6.07) is 16.0. The molecule has 0 bridgehead atoms. The highest BCUT2D eigenvalue weighted by molar-refractivity contribution is 5.78. The lowest BCUT2D eigenvalue weighted by Crippen LogP contribution is -2.18. The molecule has 4 aromatic rings. The van der Waals surface area contributed by atoms with Crippen LogP contribution in [0.15, 0.2) is 48.5 Å². The van der Waals surface area contributed by atoms with Gasteiger partial charge in [0, 0.05) is 14.1 Å². The van der Waals surface area contributed by atoms with E-state index in [1.54, 1.807) is 0 Å². The fourth-order valence-corrected chi connectivity index (χ4v) is 3.69. The zero-order valence-electron chi connectivity index (χ0n) is 16.4. The lowest BCUT2D eigenvalue weighted by molar-refractivity contribution is -0.144. The van der Waals surface area contributed by atoms with Crippen LogP contribution in [0.5, 0.6) is 0 Å². The Kier molecular flexibility index (Phi) is 4.86. The molecule has 2 aromatic heterocycles. The molecular formula is C22H24N4O2. The number of carbonyl (C=O) groups excluding carboxylic acids is 1. The van der Waals surface area contributed by atoms with E-state index in [2.05, 4.69) is 0 Å². The van der Waals surface area contributed by atoms with Crippen molar-refractivity contribution in [3.05, 3.63) is 60.2 Å².